The van der Waals surface area contributed by atoms with Crippen LogP contribution < -0.4 is 0 Å². The third kappa shape index (κ3) is 17.7. The van der Waals surface area contributed by atoms with E-state index in [1.54, 1.807) is 0 Å². The van der Waals surface area contributed by atoms with Gasteiger partial charge in [0.15, 0.2) is 6.67 Å². The van der Waals surface area contributed by atoms with E-state index in [0.717, 1.165) is 0 Å². The van der Waals surface area contributed by atoms with Crippen molar-refractivity contribution in [2.75, 3.05) is 6.67 Å². The molecule has 0 rings (SSSR count). The third-order valence-corrected chi connectivity index (χ3v) is 0.301. The van der Waals surface area contributed by atoms with Gasteiger partial charge in [-0.15, -0.1) is 0 Å². The Balaban J connectivity index is 0. The summed E-state index contributed by atoms with van der Waals surface area (Å²) in [5.74, 6) is -3.49. The van der Waals surface area contributed by atoms with Crippen LogP contribution in [0.3, 0.4) is 0 Å². The molecular formula is C4H5F3O4. The molecule has 0 heterocycles. The fourth-order valence-electron chi connectivity index (χ4n) is 0. The van der Waals surface area contributed by atoms with Crippen molar-refractivity contribution in [1.29, 1.82) is 0 Å². The monoisotopic (exact) mass is 174 g/mol. The lowest BCUT2D eigenvalue weighted by Crippen LogP contribution is -2.06. The molecule has 0 aromatic carbocycles. The molecule has 0 radical (unpaired) electrons. The number of alkyl halides is 3. The Labute approximate surface area is 59.2 Å². The smallest absolute Gasteiger partial charge is 0.371 e. The van der Waals surface area contributed by atoms with Crippen LogP contribution in [0, 0.1) is 0 Å². The Morgan fingerprint density at radius 3 is 1.45 bits per heavy atom. The summed E-state index contributed by atoms with van der Waals surface area (Å²) < 4.78 is 31.6. The third-order valence-electron chi connectivity index (χ3n) is 0.301. The summed E-state index contributed by atoms with van der Waals surface area (Å²) in [4.78, 5) is 17.9. The summed E-state index contributed by atoms with van der Waals surface area (Å²) >= 11 is 0. The highest BCUT2D eigenvalue weighted by molar-refractivity contribution is 5.70. The van der Waals surface area contributed by atoms with Crippen LogP contribution in [0.2, 0.25) is 0 Å². The number of carboxylic acid groups (broad SMARTS) is 2. The largest absolute Gasteiger partial charge is 0.479 e. The maximum atomic E-state index is 10.6. The normalized spacial score (nSPS) is 8.36. The highest BCUT2D eigenvalue weighted by Gasteiger charge is 2.10. The van der Waals surface area contributed by atoms with Crippen molar-refractivity contribution in [2.45, 2.75) is 6.43 Å². The summed E-state index contributed by atoms with van der Waals surface area (Å²) in [7, 11) is 0. The van der Waals surface area contributed by atoms with Crippen molar-refractivity contribution in [2.24, 2.45) is 0 Å². The van der Waals surface area contributed by atoms with Gasteiger partial charge < -0.3 is 10.2 Å². The second-order valence-electron chi connectivity index (χ2n) is 1.17. The Morgan fingerprint density at radius 1 is 1.27 bits per heavy atom. The Hall–Kier alpha value is -1.27. The van der Waals surface area contributed by atoms with Gasteiger partial charge in [0.2, 0.25) is 0 Å². The first-order valence-corrected chi connectivity index (χ1v) is 2.20. The van der Waals surface area contributed by atoms with Crippen molar-refractivity contribution in [3.8, 4) is 0 Å². The van der Waals surface area contributed by atoms with Crippen molar-refractivity contribution < 1.29 is 33.0 Å². The van der Waals surface area contributed by atoms with Crippen LogP contribution in [0.4, 0.5) is 13.2 Å². The van der Waals surface area contributed by atoms with E-state index in [1.165, 1.54) is 0 Å². The molecule has 2 N–H and O–H groups in total. The fraction of sp³-hybridized carbons (Fsp3) is 0.500. The quantitative estimate of drug-likeness (QED) is 0.634. The van der Waals surface area contributed by atoms with Gasteiger partial charge >= 0.3 is 18.4 Å². The lowest BCUT2D eigenvalue weighted by Gasteiger charge is -1.81. The molecular weight excluding hydrogens is 169 g/mol. The number of carboxylic acids is 2. The summed E-state index contributed by atoms with van der Waals surface area (Å²) in [6.07, 6.45) is -3.23. The molecule has 11 heavy (non-hydrogen) atoms. The van der Waals surface area contributed by atoms with Crippen LogP contribution >= 0.6 is 0 Å². The number of hydrogen-bond acceptors (Lipinski definition) is 2. The number of hydrogen-bond donors (Lipinski definition) is 2. The summed E-state index contributed by atoms with van der Waals surface area (Å²) in [6.45, 7) is -1.28. The van der Waals surface area contributed by atoms with Crippen molar-refractivity contribution >= 4 is 11.9 Å². The SMILES string of the molecule is O=C(O)C(F)F.O=C(O)CF. The van der Waals surface area contributed by atoms with Gasteiger partial charge in [-0.1, -0.05) is 0 Å². The summed E-state index contributed by atoms with van der Waals surface area (Å²) in [5, 5.41) is 14.6. The molecule has 0 unspecified atom stereocenters. The van der Waals surface area contributed by atoms with Crippen LogP contribution in [0.5, 0.6) is 0 Å². The van der Waals surface area contributed by atoms with E-state index in [9.17, 15) is 13.2 Å². The molecule has 0 aliphatic heterocycles. The zero-order valence-corrected chi connectivity index (χ0v) is 5.13. The molecule has 0 aliphatic rings. The van der Waals surface area contributed by atoms with Gasteiger partial charge in [0, 0.05) is 0 Å². The first kappa shape index (κ1) is 12.4. The minimum absolute atomic E-state index is 1.28. The summed E-state index contributed by atoms with van der Waals surface area (Å²) in [5.41, 5.74) is 0. The number of halogens is 3. The van der Waals surface area contributed by atoms with Crippen LogP contribution in [-0.4, -0.2) is 35.3 Å². The molecule has 0 amide bonds. The highest BCUT2D eigenvalue weighted by Crippen LogP contribution is 1.87. The predicted octanol–water partition coefficient (Wildman–Crippen LogP) is 0.377. The number of carbonyl (C=O) groups is 2. The highest BCUT2D eigenvalue weighted by atomic mass is 19.3. The van der Waals surface area contributed by atoms with E-state index in [2.05, 4.69) is 0 Å². The molecule has 0 aromatic heterocycles. The van der Waals surface area contributed by atoms with Crippen LogP contribution in [0.15, 0.2) is 0 Å². The molecule has 0 spiro atoms. The Kier molecular flexibility index (Phi) is 7.72. The Bertz CT molecular complexity index is 135. The van der Waals surface area contributed by atoms with Gasteiger partial charge in [-0.25, -0.2) is 14.0 Å². The van der Waals surface area contributed by atoms with Gasteiger partial charge in [-0.2, -0.15) is 8.78 Å². The zero-order chi connectivity index (χ0) is 9.44. The van der Waals surface area contributed by atoms with Crippen LogP contribution in [-0.2, 0) is 9.59 Å². The van der Waals surface area contributed by atoms with E-state index in [-0.39, 0.29) is 0 Å². The van der Waals surface area contributed by atoms with Gasteiger partial charge in [0.05, 0.1) is 0 Å². The fourth-order valence-corrected chi connectivity index (χ4v) is 0. The molecule has 0 fully saturated rings. The van der Waals surface area contributed by atoms with E-state index < -0.39 is 25.0 Å². The standard InChI is InChI=1S/C2H2F2O2.C2H3FO2/c3-1(4)2(5)6;3-1-2(4)5/h1H,(H,5,6);1H2,(H,4,5). The average molecular weight is 174 g/mol. The van der Waals surface area contributed by atoms with E-state index in [4.69, 9.17) is 19.8 Å². The second-order valence-corrected chi connectivity index (χ2v) is 1.17. The molecule has 0 bridgehead atoms. The van der Waals surface area contributed by atoms with Gasteiger partial charge in [-0.3, -0.25) is 0 Å². The Morgan fingerprint density at radius 2 is 1.45 bits per heavy atom. The lowest BCUT2D eigenvalue weighted by molar-refractivity contribution is -0.149. The predicted molar refractivity (Wildman–Crippen MR) is 27.3 cm³/mol. The molecule has 0 atom stereocenters. The maximum Gasteiger partial charge on any atom is 0.371 e. The van der Waals surface area contributed by atoms with Gasteiger partial charge in [0.25, 0.3) is 0 Å². The molecule has 0 aromatic rings. The van der Waals surface area contributed by atoms with Crippen molar-refractivity contribution in [1.82, 2.24) is 0 Å². The molecule has 0 saturated carbocycles. The summed E-state index contributed by atoms with van der Waals surface area (Å²) in [6, 6.07) is 0. The lowest BCUT2D eigenvalue weighted by atomic mass is 10.7. The molecule has 4 nitrogen and oxygen atoms in total. The second kappa shape index (κ2) is 6.84. The maximum absolute atomic E-state index is 10.6. The van der Waals surface area contributed by atoms with Crippen LogP contribution in [0.25, 0.3) is 0 Å². The first-order chi connectivity index (χ1) is 4.91. The minimum atomic E-state index is -3.23. The molecule has 7 heteroatoms. The van der Waals surface area contributed by atoms with Gasteiger partial charge in [0.1, 0.15) is 0 Å². The van der Waals surface area contributed by atoms with Crippen molar-refractivity contribution in [3.63, 3.8) is 0 Å². The van der Waals surface area contributed by atoms with Gasteiger partial charge in [-0.05, 0) is 0 Å². The van der Waals surface area contributed by atoms with Crippen LogP contribution in [0.1, 0.15) is 0 Å². The zero-order valence-electron chi connectivity index (χ0n) is 5.13. The number of aliphatic carboxylic acids is 2. The average Bonchev–Trinajstić information content (AvgIpc) is 1.89. The first-order valence-electron chi connectivity index (χ1n) is 2.20. The minimum Gasteiger partial charge on any atom is -0.479 e. The molecule has 66 valence electrons. The van der Waals surface area contributed by atoms with E-state index >= 15 is 0 Å². The molecule has 0 aliphatic carbocycles. The topological polar surface area (TPSA) is 74.6 Å². The number of rotatable bonds is 2. The molecule has 0 saturated heterocycles. The van der Waals surface area contributed by atoms with E-state index in [1.807, 2.05) is 0 Å². The van der Waals surface area contributed by atoms with E-state index in [0.29, 0.717) is 0 Å². The van der Waals surface area contributed by atoms with Crippen molar-refractivity contribution in [3.05, 3.63) is 0 Å².